The smallest absolute Gasteiger partial charge is 0.335 e. The minimum Gasteiger partial charge on any atom is -0.486 e. The lowest BCUT2D eigenvalue weighted by molar-refractivity contribution is 0.0696. The number of halogens is 1. The summed E-state index contributed by atoms with van der Waals surface area (Å²) in [5.74, 6) is -0.783. The van der Waals surface area contributed by atoms with Crippen LogP contribution in [0.4, 0.5) is 5.69 Å². The third kappa shape index (κ3) is 4.76. The average molecular weight is 376 g/mol. The summed E-state index contributed by atoms with van der Waals surface area (Å²) in [5, 5.41) is 12.2. The molecule has 26 heavy (non-hydrogen) atoms. The van der Waals surface area contributed by atoms with Gasteiger partial charge >= 0.3 is 5.97 Å². The van der Waals surface area contributed by atoms with E-state index in [1.807, 2.05) is 27.7 Å². The lowest BCUT2D eigenvalue weighted by Crippen LogP contribution is -2.24. The maximum absolute atomic E-state index is 12.5. The molecular weight excluding hydrogens is 354 g/mol. The number of aromatic carboxylic acids is 1. The summed E-state index contributed by atoms with van der Waals surface area (Å²) in [7, 11) is 0. The average Bonchev–Trinajstić information content (AvgIpc) is 2.49. The second-order valence-electron chi connectivity index (χ2n) is 7.11. The standard InChI is InChI=1S/C20H22ClNO4/c1-11-9-14(6-7-15(11)19(24)25)22-18(23)13-8-12(2)17(16(21)10-13)26-20(3,4)5/h6-10H,1-5H3,(H,22,23)(H,24,25). The van der Waals surface area contributed by atoms with Crippen LogP contribution in [0.25, 0.3) is 0 Å². The van der Waals surface area contributed by atoms with E-state index in [0.29, 0.717) is 27.6 Å². The number of anilines is 1. The third-order valence-corrected chi connectivity index (χ3v) is 3.90. The molecule has 0 fully saturated rings. The van der Waals surface area contributed by atoms with Gasteiger partial charge in [-0.05, 0) is 76.1 Å². The largest absolute Gasteiger partial charge is 0.486 e. The van der Waals surface area contributed by atoms with Crippen molar-refractivity contribution in [3.63, 3.8) is 0 Å². The lowest BCUT2D eigenvalue weighted by Gasteiger charge is -2.24. The quantitative estimate of drug-likeness (QED) is 0.780. The maximum Gasteiger partial charge on any atom is 0.335 e. The molecule has 0 aliphatic rings. The normalized spacial score (nSPS) is 11.2. The Bertz CT molecular complexity index is 846. The van der Waals surface area contributed by atoms with Gasteiger partial charge in [0.1, 0.15) is 11.4 Å². The van der Waals surface area contributed by atoms with E-state index < -0.39 is 11.6 Å². The summed E-state index contributed by atoms with van der Waals surface area (Å²) in [6.45, 7) is 9.28. The number of amides is 1. The van der Waals surface area contributed by atoms with Crippen molar-refractivity contribution in [3.05, 3.63) is 57.6 Å². The predicted octanol–water partition coefficient (Wildman–Crippen LogP) is 5.08. The summed E-state index contributed by atoms with van der Waals surface area (Å²) >= 11 is 6.30. The number of hydrogen-bond donors (Lipinski definition) is 2. The van der Waals surface area contributed by atoms with Crippen molar-refractivity contribution in [1.29, 1.82) is 0 Å². The van der Waals surface area contributed by atoms with Crippen molar-refractivity contribution in [3.8, 4) is 5.75 Å². The van der Waals surface area contributed by atoms with Gasteiger partial charge in [-0.25, -0.2) is 4.79 Å². The van der Waals surface area contributed by atoms with E-state index in [0.717, 1.165) is 5.56 Å². The zero-order valence-electron chi connectivity index (χ0n) is 15.4. The Hall–Kier alpha value is -2.53. The highest BCUT2D eigenvalue weighted by molar-refractivity contribution is 6.32. The number of carboxylic acid groups (broad SMARTS) is 1. The van der Waals surface area contributed by atoms with E-state index in [1.165, 1.54) is 6.07 Å². The first-order valence-corrected chi connectivity index (χ1v) is 8.50. The summed E-state index contributed by atoms with van der Waals surface area (Å²) in [6.07, 6.45) is 0. The van der Waals surface area contributed by atoms with Crippen molar-refractivity contribution in [2.24, 2.45) is 0 Å². The van der Waals surface area contributed by atoms with Crippen LogP contribution < -0.4 is 10.1 Å². The van der Waals surface area contributed by atoms with Gasteiger partial charge in [0.2, 0.25) is 0 Å². The molecule has 0 atom stereocenters. The number of rotatable bonds is 4. The molecule has 2 aromatic carbocycles. The highest BCUT2D eigenvalue weighted by Crippen LogP contribution is 2.33. The third-order valence-electron chi connectivity index (χ3n) is 3.61. The highest BCUT2D eigenvalue weighted by atomic mass is 35.5. The number of carboxylic acids is 1. The van der Waals surface area contributed by atoms with Gasteiger partial charge < -0.3 is 15.2 Å². The lowest BCUT2D eigenvalue weighted by atomic mass is 10.1. The van der Waals surface area contributed by atoms with Gasteiger partial charge in [-0.2, -0.15) is 0 Å². The molecule has 0 bridgehead atoms. The summed E-state index contributed by atoms with van der Waals surface area (Å²) < 4.78 is 5.85. The number of aryl methyl sites for hydroxylation is 2. The molecule has 0 saturated carbocycles. The molecule has 1 amide bonds. The van der Waals surface area contributed by atoms with Crippen LogP contribution in [-0.4, -0.2) is 22.6 Å². The number of hydrogen-bond acceptors (Lipinski definition) is 3. The van der Waals surface area contributed by atoms with Crippen LogP contribution in [-0.2, 0) is 0 Å². The van der Waals surface area contributed by atoms with E-state index in [2.05, 4.69) is 5.32 Å². The van der Waals surface area contributed by atoms with Crippen LogP contribution >= 0.6 is 11.6 Å². The Morgan fingerprint density at radius 1 is 1.08 bits per heavy atom. The van der Waals surface area contributed by atoms with Gasteiger partial charge in [0.15, 0.2) is 0 Å². The summed E-state index contributed by atoms with van der Waals surface area (Å²) in [6, 6.07) is 7.91. The van der Waals surface area contributed by atoms with E-state index in [4.69, 9.17) is 21.4 Å². The Morgan fingerprint density at radius 3 is 2.23 bits per heavy atom. The molecule has 0 saturated heterocycles. The predicted molar refractivity (Wildman–Crippen MR) is 103 cm³/mol. The second kappa shape index (κ2) is 7.38. The van der Waals surface area contributed by atoms with Gasteiger partial charge in [-0.15, -0.1) is 0 Å². The maximum atomic E-state index is 12.5. The number of carbonyl (C=O) groups is 2. The summed E-state index contributed by atoms with van der Waals surface area (Å²) in [4.78, 5) is 23.6. The van der Waals surface area contributed by atoms with E-state index in [1.54, 1.807) is 31.2 Å². The Morgan fingerprint density at radius 2 is 1.73 bits per heavy atom. The molecular formula is C20H22ClNO4. The van der Waals surface area contributed by atoms with Gasteiger partial charge in [0.25, 0.3) is 5.91 Å². The number of ether oxygens (including phenoxy) is 1. The van der Waals surface area contributed by atoms with Crippen LogP contribution in [0.3, 0.4) is 0 Å². The second-order valence-corrected chi connectivity index (χ2v) is 7.51. The number of carbonyl (C=O) groups excluding carboxylic acids is 1. The molecule has 2 aromatic rings. The van der Waals surface area contributed by atoms with Gasteiger partial charge in [0, 0.05) is 11.3 Å². The molecule has 5 nitrogen and oxygen atoms in total. The molecule has 0 heterocycles. The monoisotopic (exact) mass is 375 g/mol. The van der Waals surface area contributed by atoms with E-state index in [9.17, 15) is 9.59 Å². The van der Waals surface area contributed by atoms with Crippen molar-refractivity contribution in [2.45, 2.75) is 40.2 Å². The van der Waals surface area contributed by atoms with Crippen LogP contribution in [0.5, 0.6) is 5.75 Å². The van der Waals surface area contributed by atoms with Gasteiger partial charge in [-0.1, -0.05) is 11.6 Å². The number of benzene rings is 2. The minimum atomic E-state index is -1.00. The molecule has 0 radical (unpaired) electrons. The molecule has 0 spiro atoms. The zero-order valence-corrected chi connectivity index (χ0v) is 16.2. The highest BCUT2D eigenvalue weighted by Gasteiger charge is 2.19. The molecule has 0 aromatic heterocycles. The SMILES string of the molecule is Cc1cc(NC(=O)c2cc(C)c(OC(C)(C)C)c(Cl)c2)ccc1C(=O)O. The molecule has 138 valence electrons. The fraction of sp³-hybridized carbons (Fsp3) is 0.300. The minimum absolute atomic E-state index is 0.200. The van der Waals surface area contributed by atoms with Crippen LogP contribution in [0.15, 0.2) is 30.3 Å². The van der Waals surface area contributed by atoms with Gasteiger partial charge in [0.05, 0.1) is 10.6 Å². The van der Waals surface area contributed by atoms with Crippen LogP contribution in [0.2, 0.25) is 5.02 Å². The Balaban J connectivity index is 2.25. The summed E-state index contributed by atoms with van der Waals surface area (Å²) in [5.41, 5.74) is 2.04. The Labute approximate surface area is 157 Å². The first-order valence-electron chi connectivity index (χ1n) is 8.12. The fourth-order valence-electron chi connectivity index (χ4n) is 2.48. The molecule has 0 aliphatic heterocycles. The molecule has 0 unspecified atom stereocenters. The van der Waals surface area contributed by atoms with Crippen molar-refractivity contribution < 1.29 is 19.4 Å². The fourth-order valence-corrected chi connectivity index (χ4v) is 2.79. The molecule has 2 rings (SSSR count). The first-order chi connectivity index (χ1) is 12.0. The zero-order chi connectivity index (χ0) is 19.6. The van der Waals surface area contributed by atoms with Crippen molar-refractivity contribution in [2.75, 3.05) is 5.32 Å². The molecule has 6 heteroatoms. The van der Waals surface area contributed by atoms with E-state index in [-0.39, 0.29) is 11.5 Å². The topological polar surface area (TPSA) is 75.6 Å². The van der Waals surface area contributed by atoms with Crippen molar-refractivity contribution >= 4 is 29.2 Å². The number of nitrogens with one attached hydrogen (secondary N) is 1. The molecule has 2 N–H and O–H groups in total. The van der Waals surface area contributed by atoms with Crippen molar-refractivity contribution in [1.82, 2.24) is 0 Å². The Kier molecular flexibility index (Phi) is 5.62. The molecule has 0 aliphatic carbocycles. The van der Waals surface area contributed by atoms with Crippen LogP contribution in [0.1, 0.15) is 52.6 Å². The van der Waals surface area contributed by atoms with Gasteiger partial charge in [-0.3, -0.25) is 4.79 Å². The first kappa shape index (κ1) is 19.8. The van der Waals surface area contributed by atoms with Crippen LogP contribution in [0, 0.1) is 13.8 Å². The van der Waals surface area contributed by atoms with E-state index >= 15 is 0 Å².